The molecule has 2 bridgehead atoms. The number of amides is 4. The highest BCUT2D eigenvalue weighted by Crippen LogP contribution is 2.36. The van der Waals surface area contributed by atoms with Crippen molar-refractivity contribution in [3.63, 3.8) is 0 Å². The van der Waals surface area contributed by atoms with E-state index in [9.17, 15) is 19.2 Å². The Morgan fingerprint density at radius 2 is 1.68 bits per heavy atom. The molecule has 8 rings (SSSR count). The molecule has 8 nitrogen and oxygen atoms in total. The zero-order valence-electron chi connectivity index (χ0n) is 22.4. The smallest absolute Gasteiger partial charge is 0.255 e. The number of hydrogen-bond acceptors (Lipinski definition) is 5. The third-order valence-electron chi connectivity index (χ3n) is 8.90. The topological polar surface area (TPSA) is 90.0 Å². The molecule has 0 aliphatic carbocycles. The van der Waals surface area contributed by atoms with Crippen molar-refractivity contribution < 1.29 is 19.2 Å². The molecule has 0 aromatic heterocycles. The maximum absolute atomic E-state index is 13.7. The number of halogens is 1. The number of benzene rings is 3. The molecular weight excluding hydrogens is 540 g/mol. The summed E-state index contributed by atoms with van der Waals surface area (Å²) < 4.78 is 0. The molecule has 5 aliphatic heterocycles. The van der Waals surface area contributed by atoms with E-state index in [1.807, 2.05) is 65.6 Å². The summed E-state index contributed by atoms with van der Waals surface area (Å²) in [5, 5.41) is 3.02. The van der Waals surface area contributed by atoms with Crippen molar-refractivity contribution in [3.8, 4) is 11.1 Å². The minimum atomic E-state index is -0.612. The number of nitrogens with one attached hydrogen (secondary N) is 1. The van der Waals surface area contributed by atoms with Gasteiger partial charge in [0.1, 0.15) is 6.04 Å². The second-order valence-corrected chi connectivity index (χ2v) is 11.8. The minimum absolute atomic E-state index is 0.0504. The van der Waals surface area contributed by atoms with Crippen LogP contribution in [0.1, 0.15) is 51.1 Å². The highest BCUT2D eigenvalue weighted by atomic mass is 35.5. The highest BCUT2D eigenvalue weighted by Gasteiger charge is 2.46. The summed E-state index contributed by atoms with van der Waals surface area (Å²) in [4.78, 5) is 56.6. The van der Waals surface area contributed by atoms with Crippen LogP contribution in [-0.4, -0.2) is 69.5 Å². The zero-order valence-corrected chi connectivity index (χ0v) is 23.1. The van der Waals surface area contributed by atoms with E-state index in [0.29, 0.717) is 42.2 Å². The lowest BCUT2D eigenvalue weighted by Crippen LogP contribution is -2.68. The van der Waals surface area contributed by atoms with Gasteiger partial charge in [0, 0.05) is 60.8 Å². The van der Waals surface area contributed by atoms with Gasteiger partial charge in [-0.3, -0.25) is 29.4 Å². The number of piperazine rings is 1. The molecule has 208 valence electrons. The first-order valence-corrected chi connectivity index (χ1v) is 14.4. The molecule has 1 N–H and O–H groups in total. The van der Waals surface area contributed by atoms with Crippen LogP contribution < -0.4 is 5.32 Å². The Kier molecular flexibility index (Phi) is 6.40. The van der Waals surface area contributed by atoms with Gasteiger partial charge in [-0.15, -0.1) is 0 Å². The Hall–Kier alpha value is -4.01. The van der Waals surface area contributed by atoms with Gasteiger partial charge in [0.25, 0.3) is 11.8 Å². The standard InChI is InChI=1S/C32H29ClN4O4/c33-22-8-6-20(7-9-22)25-3-1-2-4-27(25)31(40)35-17-23-14-24(18-35)36(23)15-19-5-10-26-21(13-19)16-37(32(26)41)28-11-12-29(38)34-30(28)39/h1-10,13,23-24,28H,11-12,14-18H2,(H,34,38,39). The van der Waals surface area contributed by atoms with Gasteiger partial charge in [-0.1, -0.05) is 54.1 Å². The predicted octanol–water partition coefficient (Wildman–Crippen LogP) is 3.87. The molecule has 0 spiro atoms. The first-order chi connectivity index (χ1) is 19.9. The molecule has 3 aromatic carbocycles. The van der Waals surface area contributed by atoms with Crippen molar-refractivity contribution in [2.45, 2.75) is 50.5 Å². The van der Waals surface area contributed by atoms with E-state index in [1.54, 1.807) is 4.90 Å². The quantitative estimate of drug-likeness (QED) is 0.472. The molecule has 3 aromatic rings. The minimum Gasteiger partial charge on any atom is -0.335 e. The van der Waals surface area contributed by atoms with Crippen LogP contribution in [0.5, 0.6) is 0 Å². The molecule has 0 saturated carbocycles. The molecule has 0 radical (unpaired) electrons. The fraction of sp³-hybridized carbons (Fsp3) is 0.312. The second kappa shape index (κ2) is 10.1. The lowest BCUT2D eigenvalue weighted by molar-refractivity contribution is -0.136. The van der Waals surface area contributed by atoms with Crippen molar-refractivity contribution in [3.05, 3.63) is 94.0 Å². The van der Waals surface area contributed by atoms with Gasteiger partial charge < -0.3 is 9.80 Å². The Morgan fingerprint density at radius 3 is 2.44 bits per heavy atom. The van der Waals surface area contributed by atoms with Crippen molar-refractivity contribution in [1.82, 2.24) is 20.0 Å². The molecule has 4 saturated heterocycles. The van der Waals surface area contributed by atoms with Gasteiger partial charge in [0.15, 0.2) is 0 Å². The summed E-state index contributed by atoms with van der Waals surface area (Å²) in [5.41, 5.74) is 5.23. The number of hydrogen-bond donors (Lipinski definition) is 1. The van der Waals surface area contributed by atoms with E-state index in [2.05, 4.69) is 16.3 Å². The number of nitrogens with zero attached hydrogens (tertiary/aromatic N) is 3. The van der Waals surface area contributed by atoms with Crippen LogP contribution in [0, 0.1) is 0 Å². The number of rotatable bonds is 5. The summed E-state index contributed by atoms with van der Waals surface area (Å²) >= 11 is 6.08. The van der Waals surface area contributed by atoms with Gasteiger partial charge in [0.2, 0.25) is 11.8 Å². The van der Waals surface area contributed by atoms with Crippen LogP contribution in [0.4, 0.5) is 0 Å². The maximum Gasteiger partial charge on any atom is 0.255 e. The fourth-order valence-corrected chi connectivity index (χ4v) is 6.90. The third kappa shape index (κ3) is 4.61. The predicted molar refractivity (Wildman–Crippen MR) is 153 cm³/mol. The second-order valence-electron chi connectivity index (χ2n) is 11.4. The molecule has 3 unspecified atom stereocenters. The van der Waals surface area contributed by atoms with E-state index < -0.39 is 11.9 Å². The number of carbonyl (C=O) groups is 4. The molecule has 4 fully saturated rings. The molecule has 4 amide bonds. The Bertz CT molecular complexity index is 1580. The number of carbonyl (C=O) groups excluding carboxylic acids is 4. The molecule has 9 heteroatoms. The molecule has 3 atom stereocenters. The van der Waals surface area contributed by atoms with Crippen molar-refractivity contribution >= 4 is 35.2 Å². The molecule has 5 aliphatic rings. The fourth-order valence-electron chi connectivity index (χ4n) is 6.77. The van der Waals surface area contributed by atoms with Crippen molar-refractivity contribution in [2.75, 3.05) is 13.1 Å². The Labute approximate surface area is 242 Å². The first-order valence-electron chi connectivity index (χ1n) is 14.0. The SMILES string of the molecule is O=C1CCC(N2Cc3cc(CN4C5CC4CN(C(=O)c4ccccc4-c4ccc(Cl)cc4)C5)ccc3C2=O)C(=O)N1. The molecule has 5 heterocycles. The Balaban J connectivity index is 1.02. The van der Waals surface area contributed by atoms with Crippen molar-refractivity contribution in [2.24, 2.45) is 0 Å². The summed E-state index contributed by atoms with van der Waals surface area (Å²) in [6, 6.07) is 21.2. The average molecular weight is 569 g/mol. The van der Waals surface area contributed by atoms with Crippen LogP contribution in [0.2, 0.25) is 5.02 Å². The number of imide groups is 1. The van der Waals surface area contributed by atoms with Crippen LogP contribution in [-0.2, 0) is 22.7 Å². The summed E-state index contributed by atoms with van der Waals surface area (Å²) in [6.07, 6.45) is 1.66. The third-order valence-corrected chi connectivity index (χ3v) is 9.15. The zero-order chi connectivity index (χ0) is 28.2. The summed E-state index contributed by atoms with van der Waals surface area (Å²) in [5.74, 6) is -0.792. The maximum atomic E-state index is 13.7. The number of piperidine rings is 2. The van der Waals surface area contributed by atoms with E-state index in [1.165, 1.54) is 0 Å². The van der Waals surface area contributed by atoms with Gasteiger partial charge in [-0.25, -0.2) is 0 Å². The van der Waals surface area contributed by atoms with E-state index in [4.69, 9.17) is 11.6 Å². The van der Waals surface area contributed by atoms with E-state index in [0.717, 1.165) is 35.2 Å². The lowest BCUT2D eigenvalue weighted by atomic mass is 9.86. The highest BCUT2D eigenvalue weighted by molar-refractivity contribution is 6.30. The largest absolute Gasteiger partial charge is 0.335 e. The van der Waals surface area contributed by atoms with Crippen LogP contribution in [0.25, 0.3) is 11.1 Å². The number of fused-ring (bicyclic) bond motifs is 3. The van der Waals surface area contributed by atoms with Gasteiger partial charge >= 0.3 is 0 Å². The normalized spacial score (nSPS) is 23.7. The molecular formula is C32H29ClN4O4. The van der Waals surface area contributed by atoms with E-state index in [-0.39, 0.29) is 36.2 Å². The van der Waals surface area contributed by atoms with Gasteiger partial charge in [0.05, 0.1) is 0 Å². The van der Waals surface area contributed by atoms with Crippen LogP contribution >= 0.6 is 11.6 Å². The average Bonchev–Trinajstić information content (AvgIpc) is 3.31. The monoisotopic (exact) mass is 568 g/mol. The van der Waals surface area contributed by atoms with Gasteiger partial charge in [-0.05, 0) is 59.4 Å². The summed E-state index contributed by atoms with van der Waals surface area (Å²) in [6.45, 7) is 2.48. The van der Waals surface area contributed by atoms with Crippen LogP contribution in [0.15, 0.2) is 66.7 Å². The van der Waals surface area contributed by atoms with Crippen LogP contribution in [0.3, 0.4) is 0 Å². The first kappa shape index (κ1) is 25.9. The molecule has 41 heavy (non-hydrogen) atoms. The Morgan fingerprint density at radius 1 is 0.927 bits per heavy atom. The lowest BCUT2D eigenvalue weighted by Gasteiger charge is -2.56. The summed E-state index contributed by atoms with van der Waals surface area (Å²) in [7, 11) is 0. The van der Waals surface area contributed by atoms with Gasteiger partial charge in [-0.2, -0.15) is 0 Å². The van der Waals surface area contributed by atoms with Crippen molar-refractivity contribution in [1.29, 1.82) is 0 Å². The van der Waals surface area contributed by atoms with E-state index >= 15 is 0 Å².